The summed E-state index contributed by atoms with van der Waals surface area (Å²) >= 11 is 0. The van der Waals surface area contributed by atoms with Gasteiger partial charge in [0.2, 0.25) is 0 Å². The summed E-state index contributed by atoms with van der Waals surface area (Å²) in [6.07, 6.45) is 5.94. The minimum Gasteiger partial charge on any atom is -0.390 e. The molecule has 4 aromatic rings. The maximum absolute atomic E-state index is 10.9. The Kier molecular flexibility index (Phi) is 4.73. The van der Waals surface area contributed by atoms with Crippen LogP contribution in [-0.4, -0.2) is 41.6 Å². The standard InChI is InChI=1S/C19H18N6O3/c26-16(12-24-10-8-20-19(24)25(27)28)11-21-15-6-4-14(5-7-15)17-13-23-9-2-1-3-18(23)22-17/h1-10,13,16,21,26H,11-12H2. The highest BCUT2D eigenvalue weighted by atomic mass is 16.6. The average Bonchev–Trinajstić information content (AvgIpc) is 3.33. The quantitative estimate of drug-likeness (QED) is 0.378. The monoisotopic (exact) mass is 378 g/mol. The summed E-state index contributed by atoms with van der Waals surface area (Å²) in [6, 6.07) is 13.6. The number of anilines is 1. The van der Waals surface area contributed by atoms with Crippen molar-refractivity contribution >= 4 is 17.3 Å². The number of nitro groups is 1. The highest BCUT2D eigenvalue weighted by Gasteiger charge is 2.17. The third-order valence-electron chi connectivity index (χ3n) is 4.35. The molecule has 0 saturated heterocycles. The van der Waals surface area contributed by atoms with E-state index >= 15 is 0 Å². The Morgan fingerprint density at radius 3 is 2.75 bits per heavy atom. The van der Waals surface area contributed by atoms with Crippen LogP contribution in [0.4, 0.5) is 11.6 Å². The van der Waals surface area contributed by atoms with Crippen molar-refractivity contribution in [2.45, 2.75) is 12.6 Å². The van der Waals surface area contributed by atoms with Crippen LogP contribution in [0.15, 0.2) is 67.3 Å². The molecule has 0 aliphatic heterocycles. The zero-order valence-corrected chi connectivity index (χ0v) is 14.8. The number of hydrogen-bond acceptors (Lipinski definition) is 6. The lowest BCUT2D eigenvalue weighted by Gasteiger charge is -2.12. The van der Waals surface area contributed by atoms with Gasteiger partial charge in [-0.2, -0.15) is 0 Å². The fourth-order valence-corrected chi connectivity index (χ4v) is 2.98. The van der Waals surface area contributed by atoms with Crippen LogP contribution in [0.3, 0.4) is 0 Å². The zero-order chi connectivity index (χ0) is 19.5. The van der Waals surface area contributed by atoms with Crippen LogP contribution in [0.25, 0.3) is 16.9 Å². The van der Waals surface area contributed by atoms with Crippen LogP contribution in [0.1, 0.15) is 0 Å². The Labute approximate surface area is 160 Å². The van der Waals surface area contributed by atoms with Gasteiger partial charge in [-0.05, 0) is 29.2 Å². The van der Waals surface area contributed by atoms with Crippen LogP contribution in [0.2, 0.25) is 0 Å². The molecule has 3 heterocycles. The fourth-order valence-electron chi connectivity index (χ4n) is 2.98. The van der Waals surface area contributed by atoms with Gasteiger partial charge < -0.3 is 24.9 Å². The number of imidazole rings is 2. The molecule has 0 radical (unpaired) electrons. The lowest BCUT2D eigenvalue weighted by atomic mass is 10.1. The maximum atomic E-state index is 10.9. The van der Waals surface area contributed by atoms with Gasteiger partial charge >= 0.3 is 5.95 Å². The SMILES string of the molecule is O=[N+]([O-])c1nccn1CC(O)CNc1ccc(-c2cn3ccccc3n2)cc1. The highest BCUT2D eigenvalue weighted by Crippen LogP contribution is 2.21. The van der Waals surface area contributed by atoms with Crippen LogP contribution >= 0.6 is 0 Å². The summed E-state index contributed by atoms with van der Waals surface area (Å²) < 4.78 is 3.28. The Morgan fingerprint density at radius 2 is 2.00 bits per heavy atom. The summed E-state index contributed by atoms with van der Waals surface area (Å²) in [5.74, 6) is -0.282. The Hall–Kier alpha value is -3.72. The molecule has 1 aromatic carbocycles. The number of nitrogens with zero attached hydrogens (tertiary/aromatic N) is 5. The lowest BCUT2D eigenvalue weighted by molar-refractivity contribution is -0.397. The molecule has 0 saturated carbocycles. The molecule has 0 bridgehead atoms. The molecule has 28 heavy (non-hydrogen) atoms. The molecule has 9 nitrogen and oxygen atoms in total. The first-order valence-corrected chi connectivity index (χ1v) is 8.72. The van der Waals surface area contributed by atoms with Crippen molar-refractivity contribution in [2.24, 2.45) is 0 Å². The molecule has 0 spiro atoms. The molecule has 2 N–H and O–H groups in total. The van der Waals surface area contributed by atoms with Crippen LogP contribution in [-0.2, 0) is 6.54 Å². The number of pyridine rings is 1. The van der Waals surface area contributed by atoms with E-state index in [1.165, 1.54) is 17.0 Å². The number of benzene rings is 1. The molecule has 142 valence electrons. The van der Waals surface area contributed by atoms with Crippen LogP contribution < -0.4 is 5.32 Å². The molecule has 0 aliphatic rings. The van der Waals surface area contributed by atoms with Gasteiger partial charge in [0, 0.05) is 30.2 Å². The minimum atomic E-state index is -0.800. The van der Waals surface area contributed by atoms with E-state index in [-0.39, 0.29) is 19.0 Å². The molecule has 0 fully saturated rings. The van der Waals surface area contributed by atoms with Crippen molar-refractivity contribution in [1.82, 2.24) is 18.9 Å². The molecule has 3 aromatic heterocycles. The molecule has 1 unspecified atom stereocenters. The van der Waals surface area contributed by atoms with Crippen molar-refractivity contribution in [3.05, 3.63) is 77.4 Å². The Balaban J connectivity index is 1.38. The summed E-state index contributed by atoms with van der Waals surface area (Å²) in [4.78, 5) is 18.6. The molecule has 0 aliphatic carbocycles. The van der Waals surface area contributed by atoms with Gasteiger partial charge in [-0.15, -0.1) is 0 Å². The normalized spacial score (nSPS) is 12.2. The van der Waals surface area contributed by atoms with Crippen LogP contribution in [0.5, 0.6) is 0 Å². The Bertz CT molecular complexity index is 1070. The van der Waals surface area contributed by atoms with Gasteiger partial charge in [0.25, 0.3) is 0 Å². The summed E-state index contributed by atoms with van der Waals surface area (Å²) in [7, 11) is 0. The number of aliphatic hydroxyl groups excluding tert-OH is 1. The van der Waals surface area contributed by atoms with E-state index in [1.807, 2.05) is 59.3 Å². The van der Waals surface area contributed by atoms with E-state index in [4.69, 9.17) is 0 Å². The fraction of sp³-hybridized carbons (Fsp3) is 0.158. The van der Waals surface area contributed by atoms with E-state index in [2.05, 4.69) is 15.3 Å². The average molecular weight is 378 g/mol. The number of rotatable bonds is 7. The van der Waals surface area contributed by atoms with Gasteiger partial charge in [-0.25, -0.2) is 9.55 Å². The van der Waals surface area contributed by atoms with Gasteiger partial charge in [0.05, 0.1) is 12.2 Å². The van der Waals surface area contributed by atoms with Crippen molar-refractivity contribution in [3.8, 4) is 11.3 Å². The summed E-state index contributed by atoms with van der Waals surface area (Å²) in [5.41, 5.74) is 3.59. The van der Waals surface area contributed by atoms with Gasteiger partial charge in [0.1, 0.15) is 24.1 Å². The molecular formula is C19H18N6O3. The second-order valence-electron chi connectivity index (χ2n) is 6.34. The van der Waals surface area contributed by atoms with E-state index in [9.17, 15) is 15.2 Å². The van der Waals surface area contributed by atoms with E-state index in [0.717, 1.165) is 22.6 Å². The summed E-state index contributed by atoms with van der Waals surface area (Å²) in [6.45, 7) is 0.339. The topological polar surface area (TPSA) is 111 Å². The predicted octanol–water partition coefficient (Wildman–Crippen LogP) is 2.58. The van der Waals surface area contributed by atoms with E-state index < -0.39 is 11.0 Å². The number of aromatic nitrogens is 4. The second kappa shape index (κ2) is 7.49. The first kappa shape index (κ1) is 17.7. The third-order valence-corrected chi connectivity index (χ3v) is 4.35. The molecule has 9 heteroatoms. The van der Waals surface area contributed by atoms with Gasteiger partial charge in [-0.3, -0.25) is 0 Å². The highest BCUT2D eigenvalue weighted by molar-refractivity contribution is 5.65. The van der Waals surface area contributed by atoms with E-state index in [1.54, 1.807) is 0 Å². The van der Waals surface area contributed by atoms with Crippen molar-refractivity contribution in [3.63, 3.8) is 0 Å². The first-order chi connectivity index (χ1) is 13.6. The number of hydrogen-bond donors (Lipinski definition) is 2. The third kappa shape index (κ3) is 3.69. The predicted molar refractivity (Wildman–Crippen MR) is 104 cm³/mol. The largest absolute Gasteiger partial charge is 0.434 e. The van der Waals surface area contributed by atoms with Crippen molar-refractivity contribution in [1.29, 1.82) is 0 Å². The van der Waals surface area contributed by atoms with Crippen LogP contribution in [0, 0.1) is 10.1 Å². The first-order valence-electron chi connectivity index (χ1n) is 8.72. The zero-order valence-electron chi connectivity index (χ0n) is 14.8. The molecule has 0 amide bonds. The van der Waals surface area contributed by atoms with Crippen molar-refractivity contribution in [2.75, 3.05) is 11.9 Å². The molecule has 1 atom stereocenters. The number of nitrogens with one attached hydrogen (secondary N) is 1. The maximum Gasteiger partial charge on any atom is 0.434 e. The second-order valence-corrected chi connectivity index (χ2v) is 6.34. The van der Waals surface area contributed by atoms with Gasteiger partial charge in [0.15, 0.2) is 0 Å². The smallest absolute Gasteiger partial charge is 0.390 e. The van der Waals surface area contributed by atoms with Gasteiger partial charge in [-0.1, -0.05) is 23.2 Å². The molecule has 4 rings (SSSR count). The minimum absolute atomic E-state index is 0.0860. The number of aliphatic hydroxyl groups is 1. The number of fused-ring (bicyclic) bond motifs is 1. The Morgan fingerprint density at radius 1 is 1.18 bits per heavy atom. The molecular weight excluding hydrogens is 360 g/mol. The lowest BCUT2D eigenvalue weighted by Crippen LogP contribution is -2.25. The summed E-state index contributed by atoms with van der Waals surface area (Å²) in [5, 5.41) is 24.2. The van der Waals surface area contributed by atoms with E-state index in [0.29, 0.717) is 0 Å². The van der Waals surface area contributed by atoms with Crippen molar-refractivity contribution < 1.29 is 10.0 Å².